The summed E-state index contributed by atoms with van der Waals surface area (Å²) in [6.07, 6.45) is 10.9. The van der Waals surface area contributed by atoms with Gasteiger partial charge in [-0.2, -0.15) is 0 Å². The number of aliphatic hydroxyl groups is 4. The van der Waals surface area contributed by atoms with Crippen LogP contribution in [0, 0.1) is 0 Å². The van der Waals surface area contributed by atoms with Crippen molar-refractivity contribution in [3.05, 3.63) is 0 Å². The lowest BCUT2D eigenvalue weighted by atomic mass is 9.94. The van der Waals surface area contributed by atoms with E-state index < -0.39 is 30.1 Å². The predicted molar refractivity (Wildman–Crippen MR) is 108 cm³/mol. The first-order valence-corrected chi connectivity index (χ1v) is 10.9. The van der Waals surface area contributed by atoms with E-state index in [2.05, 4.69) is 6.92 Å². The Kier molecular flexibility index (Phi) is 17.2. The third kappa shape index (κ3) is 13.3. The molecule has 162 valence electrons. The van der Waals surface area contributed by atoms with Crippen molar-refractivity contribution in [3.8, 4) is 0 Å². The van der Waals surface area contributed by atoms with Crippen LogP contribution in [0.5, 0.6) is 0 Å². The number of nitrogens with two attached hydrogens (primary N) is 1. The molecule has 4 atom stereocenters. The van der Waals surface area contributed by atoms with Crippen LogP contribution >= 0.6 is 0 Å². The van der Waals surface area contributed by atoms with E-state index in [0.29, 0.717) is 6.42 Å². The van der Waals surface area contributed by atoms with Crippen LogP contribution in [0.25, 0.3) is 0 Å². The number of carbonyl (C=O) groups excluding carboxylic acids is 1. The molecule has 0 aromatic rings. The van der Waals surface area contributed by atoms with Crippen LogP contribution in [0.3, 0.4) is 0 Å². The van der Waals surface area contributed by atoms with E-state index in [4.69, 9.17) is 10.8 Å². The van der Waals surface area contributed by atoms with Crippen LogP contribution in [0.1, 0.15) is 96.8 Å². The third-order valence-corrected chi connectivity index (χ3v) is 5.19. The highest BCUT2D eigenvalue weighted by atomic mass is 16.3. The van der Waals surface area contributed by atoms with Gasteiger partial charge < -0.3 is 26.2 Å². The summed E-state index contributed by atoms with van der Waals surface area (Å²) < 4.78 is 0. The van der Waals surface area contributed by atoms with E-state index in [1.54, 1.807) is 0 Å². The lowest BCUT2D eigenvalue weighted by Gasteiger charge is -2.26. The van der Waals surface area contributed by atoms with Crippen molar-refractivity contribution in [3.63, 3.8) is 0 Å². The molecule has 0 saturated heterocycles. The van der Waals surface area contributed by atoms with Gasteiger partial charge in [0, 0.05) is 6.42 Å². The highest BCUT2D eigenvalue weighted by Crippen LogP contribution is 2.15. The fourth-order valence-corrected chi connectivity index (χ4v) is 3.28. The topological polar surface area (TPSA) is 124 Å². The summed E-state index contributed by atoms with van der Waals surface area (Å²) in [5, 5.41) is 38.5. The SMILES string of the molecule is CCCCCCCCCCCCCC[C@@H](O)[C@@H](O)[C@@H](N)C(O)C(=O)CCO. The number of rotatable bonds is 19. The van der Waals surface area contributed by atoms with Crippen LogP contribution in [0.4, 0.5) is 0 Å². The second-order valence-corrected chi connectivity index (χ2v) is 7.70. The number of aliphatic hydroxyl groups excluding tert-OH is 4. The zero-order valence-corrected chi connectivity index (χ0v) is 17.2. The summed E-state index contributed by atoms with van der Waals surface area (Å²) in [6.45, 7) is 1.86. The van der Waals surface area contributed by atoms with Crippen molar-refractivity contribution in [1.29, 1.82) is 0 Å². The van der Waals surface area contributed by atoms with Crippen molar-refractivity contribution in [2.75, 3.05) is 6.61 Å². The molecule has 6 heteroatoms. The molecule has 0 aliphatic carbocycles. The molecule has 0 aliphatic heterocycles. The van der Waals surface area contributed by atoms with Crippen LogP contribution in [0.2, 0.25) is 0 Å². The van der Waals surface area contributed by atoms with Gasteiger partial charge in [-0.05, 0) is 6.42 Å². The summed E-state index contributed by atoms with van der Waals surface area (Å²) in [5.41, 5.74) is 5.67. The van der Waals surface area contributed by atoms with Crippen LogP contribution in [-0.4, -0.2) is 57.2 Å². The highest BCUT2D eigenvalue weighted by Gasteiger charge is 2.32. The number of hydrogen-bond acceptors (Lipinski definition) is 6. The molecular weight excluding hydrogens is 346 g/mol. The Morgan fingerprint density at radius 1 is 0.815 bits per heavy atom. The molecule has 0 aromatic carbocycles. The molecule has 1 unspecified atom stereocenters. The van der Waals surface area contributed by atoms with Gasteiger partial charge >= 0.3 is 0 Å². The van der Waals surface area contributed by atoms with Gasteiger partial charge in [-0.25, -0.2) is 0 Å². The fourth-order valence-electron chi connectivity index (χ4n) is 3.28. The van der Waals surface area contributed by atoms with E-state index >= 15 is 0 Å². The highest BCUT2D eigenvalue weighted by molar-refractivity contribution is 5.83. The summed E-state index contributed by atoms with van der Waals surface area (Å²) in [7, 11) is 0. The minimum atomic E-state index is -1.57. The van der Waals surface area contributed by atoms with E-state index in [1.165, 1.54) is 57.8 Å². The maximum Gasteiger partial charge on any atom is 0.165 e. The molecule has 0 fully saturated rings. The van der Waals surface area contributed by atoms with Crippen LogP contribution < -0.4 is 5.73 Å². The second kappa shape index (κ2) is 17.6. The minimum Gasteiger partial charge on any atom is -0.396 e. The lowest BCUT2D eigenvalue weighted by molar-refractivity contribution is -0.132. The summed E-state index contributed by atoms with van der Waals surface area (Å²) in [5.74, 6) is -0.624. The van der Waals surface area contributed by atoms with Crippen molar-refractivity contribution in [2.24, 2.45) is 5.73 Å². The number of ketones is 1. The molecule has 0 saturated carbocycles. The molecular formula is C21H43NO5. The summed E-state index contributed by atoms with van der Waals surface area (Å²) in [4.78, 5) is 11.5. The Balaban J connectivity index is 3.67. The molecule has 0 bridgehead atoms. The minimum absolute atomic E-state index is 0.212. The first-order valence-electron chi connectivity index (χ1n) is 10.9. The van der Waals surface area contributed by atoms with Gasteiger partial charge in [-0.15, -0.1) is 0 Å². The molecule has 0 rings (SSSR count). The molecule has 0 radical (unpaired) electrons. The van der Waals surface area contributed by atoms with Crippen molar-refractivity contribution in [2.45, 2.75) is 121 Å². The molecule has 0 heterocycles. The van der Waals surface area contributed by atoms with Crippen LogP contribution in [0.15, 0.2) is 0 Å². The Hall–Kier alpha value is -0.530. The Labute approximate surface area is 165 Å². The lowest BCUT2D eigenvalue weighted by Crippen LogP contribution is -2.53. The normalized spacial score (nSPS) is 16.1. The molecule has 0 aliphatic rings. The monoisotopic (exact) mass is 389 g/mol. The van der Waals surface area contributed by atoms with E-state index in [0.717, 1.165) is 19.3 Å². The third-order valence-electron chi connectivity index (χ3n) is 5.19. The smallest absolute Gasteiger partial charge is 0.165 e. The predicted octanol–water partition coefficient (Wildman–Crippen LogP) is 2.44. The first-order chi connectivity index (χ1) is 13.0. The largest absolute Gasteiger partial charge is 0.396 e. The molecule has 0 aromatic heterocycles. The van der Waals surface area contributed by atoms with Gasteiger partial charge in [-0.1, -0.05) is 84.0 Å². The van der Waals surface area contributed by atoms with Crippen molar-refractivity contribution < 1.29 is 25.2 Å². The van der Waals surface area contributed by atoms with Crippen molar-refractivity contribution >= 4 is 5.78 Å². The number of hydrogen-bond donors (Lipinski definition) is 5. The fraction of sp³-hybridized carbons (Fsp3) is 0.952. The zero-order chi connectivity index (χ0) is 20.5. The Bertz CT molecular complexity index is 353. The molecule has 27 heavy (non-hydrogen) atoms. The van der Waals surface area contributed by atoms with E-state index in [1.807, 2.05) is 0 Å². The van der Waals surface area contributed by atoms with E-state index in [9.17, 15) is 20.1 Å². The van der Waals surface area contributed by atoms with Gasteiger partial charge in [0.15, 0.2) is 5.78 Å². The zero-order valence-electron chi connectivity index (χ0n) is 17.2. The average Bonchev–Trinajstić information content (AvgIpc) is 2.67. The Morgan fingerprint density at radius 2 is 1.26 bits per heavy atom. The Morgan fingerprint density at radius 3 is 1.70 bits per heavy atom. The van der Waals surface area contributed by atoms with Crippen molar-refractivity contribution in [1.82, 2.24) is 0 Å². The van der Waals surface area contributed by atoms with Gasteiger partial charge in [0.05, 0.1) is 24.9 Å². The van der Waals surface area contributed by atoms with Gasteiger partial charge in [-0.3, -0.25) is 4.79 Å². The first kappa shape index (κ1) is 26.5. The van der Waals surface area contributed by atoms with Crippen LogP contribution in [-0.2, 0) is 4.79 Å². The maximum atomic E-state index is 11.5. The number of Topliss-reactive ketones (excluding diaryl/α,β-unsaturated/α-hetero) is 1. The quantitative estimate of drug-likeness (QED) is 0.216. The molecule has 0 amide bonds. The average molecular weight is 390 g/mol. The van der Waals surface area contributed by atoms with Gasteiger partial charge in [0.25, 0.3) is 0 Å². The second-order valence-electron chi connectivity index (χ2n) is 7.70. The maximum absolute atomic E-state index is 11.5. The van der Waals surface area contributed by atoms with Gasteiger partial charge in [0.2, 0.25) is 0 Å². The number of carbonyl (C=O) groups is 1. The summed E-state index contributed by atoms with van der Waals surface area (Å²) in [6, 6.07) is -1.24. The standard InChI is InChI=1S/C21H43NO5/c1-2-3-4-5-6-7-8-9-10-11-12-13-14-17(24)20(26)19(22)21(27)18(25)15-16-23/h17,19-21,23-24,26-27H,2-16,22H2,1H3/t17-,19-,20-,21?/m1/s1. The molecule has 6 nitrogen and oxygen atoms in total. The van der Waals surface area contributed by atoms with Gasteiger partial charge in [0.1, 0.15) is 6.10 Å². The molecule has 6 N–H and O–H groups in total. The number of unbranched alkanes of at least 4 members (excludes halogenated alkanes) is 11. The van der Waals surface area contributed by atoms with E-state index in [-0.39, 0.29) is 13.0 Å². The molecule has 0 spiro atoms. The summed E-state index contributed by atoms with van der Waals surface area (Å²) >= 11 is 0.